The highest BCUT2D eigenvalue weighted by Gasteiger charge is 2.14. The molecule has 1 unspecified atom stereocenters. The second kappa shape index (κ2) is 6.20. The van der Waals surface area contributed by atoms with Crippen LogP contribution in [0.4, 0.5) is 11.4 Å². The smallest absolute Gasteiger partial charge is 0.0596 e. The van der Waals surface area contributed by atoms with Gasteiger partial charge in [0.05, 0.1) is 11.4 Å². The highest BCUT2D eigenvalue weighted by molar-refractivity contribution is 7.99. The first kappa shape index (κ1) is 12.6. The van der Waals surface area contributed by atoms with E-state index >= 15 is 0 Å². The molecule has 0 saturated carbocycles. The van der Waals surface area contributed by atoms with Crippen LogP contribution in [0.15, 0.2) is 24.3 Å². The van der Waals surface area contributed by atoms with Crippen LogP contribution < -0.4 is 10.2 Å². The fourth-order valence-corrected chi connectivity index (χ4v) is 3.39. The summed E-state index contributed by atoms with van der Waals surface area (Å²) in [5, 5.41) is 3.61. The average Bonchev–Trinajstić information content (AvgIpc) is 2.38. The quantitative estimate of drug-likeness (QED) is 0.882. The summed E-state index contributed by atoms with van der Waals surface area (Å²) in [6.45, 7) is 1.11. The van der Waals surface area contributed by atoms with E-state index in [-0.39, 0.29) is 0 Å². The lowest BCUT2D eigenvalue weighted by Crippen LogP contribution is -2.21. The Kier molecular flexibility index (Phi) is 4.60. The molecule has 94 valence electrons. The Morgan fingerprint density at radius 3 is 2.88 bits per heavy atom. The van der Waals surface area contributed by atoms with Crippen molar-refractivity contribution in [2.45, 2.75) is 12.8 Å². The van der Waals surface area contributed by atoms with Gasteiger partial charge in [-0.3, -0.25) is 0 Å². The van der Waals surface area contributed by atoms with E-state index in [1.165, 1.54) is 35.7 Å². The molecular formula is C14H22N2S. The molecule has 17 heavy (non-hydrogen) atoms. The van der Waals surface area contributed by atoms with Crippen LogP contribution in [-0.4, -0.2) is 32.1 Å². The van der Waals surface area contributed by atoms with Crippen LogP contribution in [0, 0.1) is 5.92 Å². The van der Waals surface area contributed by atoms with E-state index in [0.717, 1.165) is 12.5 Å². The summed E-state index contributed by atoms with van der Waals surface area (Å²) in [6, 6.07) is 8.53. The zero-order chi connectivity index (χ0) is 12.1. The Morgan fingerprint density at radius 2 is 2.18 bits per heavy atom. The van der Waals surface area contributed by atoms with E-state index in [9.17, 15) is 0 Å². The van der Waals surface area contributed by atoms with Crippen LogP contribution >= 0.6 is 11.8 Å². The van der Waals surface area contributed by atoms with E-state index in [0.29, 0.717) is 0 Å². The Bertz CT molecular complexity index is 346. The summed E-state index contributed by atoms with van der Waals surface area (Å²) in [5.74, 6) is 3.51. The summed E-state index contributed by atoms with van der Waals surface area (Å²) < 4.78 is 0. The number of para-hydroxylation sites is 2. The van der Waals surface area contributed by atoms with Gasteiger partial charge in [-0.1, -0.05) is 12.1 Å². The van der Waals surface area contributed by atoms with Crippen molar-refractivity contribution in [1.82, 2.24) is 0 Å². The maximum Gasteiger partial charge on any atom is 0.0596 e. The molecule has 0 amide bonds. The minimum absolute atomic E-state index is 0.837. The van der Waals surface area contributed by atoms with Gasteiger partial charge in [-0.2, -0.15) is 11.8 Å². The highest BCUT2D eigenvalue weighted by atomic mass is 32.2. The number of thioether (sulfide) groups is 1. The number of nitrogens with zero attached hydrogens (tertiary/aromatic N) is 1. The molecule has 2 rings (SSSR count). The van der Waals surface area contributed by atoms with Crippen molar-refractivity contribution in [3.63, 3.8) is 0 Å². The number of rotatable bonds is 4. The minimum atomic E-state index is 0.837. The summed E-state index contributed by atoms with van der Waals surface area (Å²) >= 11 is 2.10. The summed E-state index contributed by atoms with van der Waals surface area (Å²) in [7, 11) is 4.19. The van der Waals surface area contributed by atoms with E-state index in [1.807, 2.05) is 0 Å². The minimum Gasteiger partial charge on any atom is -0.383 e. The van der Waals surface area contributed by atoms with Crippen LogP contribution in [0.5, 0.6) is 0 Å². The molecule has 0 radical (unpaired) electrons. The van der Waals surface area contributed by atoms with E-state index in [2.05, 4.69) is 60.3 Å². The first-order valence-electron chi connectivity index (χ1n) is 6.35. The van der Waals surface area contributed by atoms with Crippen molar-refractivity contribution >= 4 is 23.1 Å². The van der Waals surface area contributed by atoms with E-state index in [1.54, 1.807) is 0 Å². The Balaban J connectivity index is 1.93. The third kappa shape index (κ3) is 3.56. The van der Waals surface area contributed by atoms with Gasteiger partial charge in [0.15, 0.2) is 0 Å². The van der Waals surface area contributed by atoms with Crippen LogP contribution in [0.2, 0.25) is 0 Å². The third-order valence-electron chi connectivity index (χ3n) is 3.22. The van der Waals surface area contributed by atoms with Gasteiger partial charge in [-0.15, -0.1) is 0 Å². The van der Waals surface area contributed by atoms with Crippen LogP contribution in [0.25, 0.3) is 0 Å². The van der Waals surface area contributed by atoms with Crippen LogP contribution in [0.3, 0.4) is 0 Å². The second-order valence-corrected chi connectivity index (χ2v) is 6.03. The molecule has 3 heteroatoms. The van der Waals surface area contributed by atoms with Gasteiger partial charge in [0.2, 0.25) is 0 Å². The summed E-state index contributed by atoms with van der Waals surface area (Å²) in [6.07, 6.45) is 2.76. The van der Waals surface area contributed by atoms with Gasteiger partial charge in [-0.25, -0.2) is 0 Å². The molecule has 2 nitrogen and oxygen atoms in total. The molecule has 0 aliphatic carbocycles. The Hall–Kier alpha value is -0.830. The first-order chi connectivity index (χ1) is 8.27. The van der Waals surface area contributed by atoms with Gasteiger partial charge in [0.25, 0.3) is 0 Å². The molecule has 1 atom stereocenters. The Labute approximate surface area is 109 Å². The fraction of sp³-hybridized carbons (Fsp3) is 0.571. The van der Waals surface area contributed by atoms with Crippen molar-refractivity contribution in [2.24, 2.45) is 5.92 Å². The lowest BCUT2D eigenvalue weighted by atomic mass is 10.1. The van der Waals surface area contributed by atoms with Crippen LogP contribution in [-0.2, 0) is 0 Å². The zero-order valence-corrected chi connectivity index (χ0v) is 11.6. The summed E-state index contributed by atoms with van der Waals surface area (Å²) in [4.78, 5) is 2.16. The highest BCUT2D eigenvalue weighted by Crippen LogP contribution is 2.26. The Morgan fingerprint density at radius 1 is 1.35 bits per heavy atom. The van der Waals surface area contributed by atoms with E-state index in [4.69, 9.17) is 0 Å². The SMILES string of the molecule is CN(C)c1ccccc1NCC1CCCSC1. The molecule has 1 aliphatic rings. The topological polar surface area (TPSA) is 15.3 Å². The normalized spacial score (nSPS) is 20.0. The zero-order valence-electron chi connectivity index (χ0n) is 10.8. The lowest BCUT2D eigenvalue weighted by Gasteiger charge is -2.24. The molecule has 1 aromatic rings. The molecule has 0 aromatic heterocycles. The molecule has 0 spiro atoms. The molecule has 1 saturated heterocycles. The molecular weight excluding hydrogens is 228 g/mol. The van der Waals surface area contributed by atoms with E-state index < -0.39 is 0 Å². The van der Waals surface area contributed by atoms with Crippen molar-refractivity contribution in [3.8, 4) is 0 Å². The maximum absolute atomic E-state index is 3.61. The molecule has 1 aliphatic heterocycles. The van der Waals surface area contributed by atoms with Crippen molar-refractivity contribution in [3.05, 3.63) is 24.3 Å². The standard InChI is InChI=1S/C14H22N2S/c1-16(2)14-8-4-3-7-13(14)15-10-12-6-5-9-17-11-12/h3-4,7-8,12,15H,5-6,9-11H2,1-2H3. The van der Waals surface area contributed by atoms with Crippen molar-refractivity contribution < 1.29 is 0 Å². The molecule has 0 bridgehead atoms. The van der Waals surface area contributed by atoms with Gasteiger partial charge >= 0.3 is 0 Å². The number of anilines is 2. The molecule has 1 heterocycles. The molecule has 1 N–H and O–H groups in total. The largest absolute Gasteiger partial charge is 0.383 e. The van der Waals surface area contributed by atoms with Crippen molar-refractivity contribution in [1.29, 1.82) is 0 Å². The van der Waals surface area contributed by atoms with Gasteiger partial charge in [0, 0.05) is 20.6 Å². The number of hydrogen-bond acceptors (Lipinski definition) is 3. The monoisotopic (exact) mass is 250 g/mol. The average molecular weight is 250 g/mol. The third-order valence-corrected chi connectivity index (χ3v) is 4.51. The lowest BCUT2D eigenvalue weighted by molar-refractivity contribution is 0.549. The fourth-order valence-electron chi connectivity index (χ4n) is 2.24. The second-order valence-electron chi connectivity index (χ2n) is 4.88. The predicted molar refractivity (Wildman–Crippen MR) is 79.3 cm³/mol. The van der Waals surface area contributed by atoms with Gasteiger partial charge in [-0.05, 0) is 42.4 Å². The molecule has 1 fully saturated rings. The van der Waals surface area contributed by atoms with Crippen LogP contribution in [0.1, 0.15) is 12.8 Å². The first-order valence-corrected chi connectivity index (χ1v) is 7.51. The predicted octanol–water partition coefficient (Wildman–Crippen LogP) is 3.31. The van der Waals surface area contributed by atoms with Crippen molar-refractivity contribution in [2.75, 3.05) is 42.4 Å². The maximum atomic E-state index is 3.61. The van der Waals surface area contributed by atoms with Gasteiger partial charge < -0.3 is 10.2 Å². The molecule has 1 aromatic carbocycles. The number of nitrogens with one attached hydrogen (secondary N) is 1. The number of benzene rings is 1. The van der Waals surface area contributed by atoms with Gasteiger partial charge in [0.1, 0.15) is 0 Å². The number of hydrogen-bond donors (Lipinski definition) is 1. The summed E-state index contributed by atoms with van der Waals surface area (Å²) in [5.41, 5.74) is 2.53.